The van der Waals surface area contributed by atoms with E-state index in [9.17, 15) is 5.26 Å². The van der Waals surface area contributed by atoms with E-state index in [-0.39, 0.29) is 5.76 Å². The van der Waals surface area contributed by atoms with Gasteiger partial charge in [-0.2, -0.15) is 10.4 Å². The summed E-state index contributed by atoms with van der Waals surface area (Å²) >= 11 is 0. The highest BCUT2D eigenvalue weighted by molar-refractivity contribution is 6.06. The topological polar surface area (TPSA) is 71.7 Å². The average Bonchev–Trinajstić information content (AvgIpc) is 2.48. The van der Waals surface area contributed by atoms with Crippen molar-refractivity contribution >= 4 is 19.4 Å². The van der Waals surface area contributed by atoms with Crippen molar-refractivity contribution in [3.8, 4) is 6.07 Å². The summed E-state index contributed by atoms with van der Waals surface area (Å²) in [5.41, 5.74) is 1.96. The van der Waals surface area contributed by atoms with Crippen molar-refractivity contribution in [2.45, 2.75) is 13.8 Å². The quantitative estimate of drug-likeness (QED) is 0.480. The molecular formula is C14H11BN4O. The first-order valence-electron chi connectivity index (χ1n) is 5.92. The lowest BCUT2D eigenvalue weighted by Crippen LogP contribution is -2.05. The highest BCUT2D eigenvalue weighted by Gasteiger charge is 2.16. The van der Waals surface area contributed by atoms with Crippen molar-refractivity contribution in [3.05, 3.63) is 53.1 Å². The minimum Gasteiger partial charge on any atom is -0.565 e. The second-order valence-corrected chi connectivity index (χ2v) is 4.09. The van der Waals surface area contributed by atoms with Crippen LogP contribution in [-0.2, 0) is 4.65 Å². The van der Waals surface area contributed by atoms with E-state index in [4.69, 9.17) is 12.7 Å². The molecule has 96 valence electrons. The lowest BCUT2D eigenvalue weighted by atomic mass is 10.0. The Hall–Kier alpha value is -2.68. The number of nitriles is 1. The van der Waals surface area contributed by atoms with E-state index in [1.165, 1.54) is 0 Å². The molecule has 0 aliphatic rings. The van der Waals surface area contributed by atoms with Crippen LogP contribution in [0, 0.1) is 25.2 Å². The van der Waals surface area contributed by atoms with Gasteiger partial charge in [0.15, 0.2) is 0 Å². The van der Waals surface area contributed by atoms with Crippen LogP contribution in [0.5, 0.6) is 0 Å². The Bertz CT molecular complexity index is 692. The van der Waals surface area contributed by atoms with Gasteiger partial charge in [-0.05, 0) is 19.4 Å². The minimum atomic E-state index is 0.189. The highest BCUT2D eigenvalue weighted by atomic mass is 16.4. The van der Waals surface area contributed by atoms with Gasteiger partial charge < -0.3 is 4.65 Å². The van der Waals surface area contributed by atoms with Gasteiger partial charge in [0.05, 0.1) is 5.69 Å². The molecule has 0 aliphatic heterocycles. The molecule has 2 aromatic rings. The van der Waals surface area contributed by atoms with Gasteiger partial charge in [-0.25, -0.2) is 4.98 Å². The number of benzene rings is 1. The van der Waals surface area contributed by atoms with Crippen LogP contribution in [-0.4, -0.2) is 23.2 Å². The third-order valence-corrected chi connectivity index (χ3v) is 2.70. The molecule has 0 amide bonds. The van der Waals surface area contributed by atoms with E-state index in [0.29, 0.717) is 28.3 Å². The predicted octanol–water partition coefficient (Wildman–Crippen LogP) is 1.98. The maximum absolute atomic E-state index is 9.40. The summed E-state index contributed by atoms with van der Waals surface area (Å²) in [5, 5.41) is 17.2. The third-order valence-electron chi connectivity index (χ3n) is 2.70. The van der Waals surface area contributed by atoms with Gasteiger partial charge in [-0.15, -0.1) is 5.10 Å². The smallest absolute Gasteiger partial charge is 0.374 e. The lowest BCUT2D eigenvalue weighted by Gasteiger charge is -2.11. The zero-order valence-electron chi connectivity index (χ0n) is 11.2. The van der Waals surface area contributed by atoms with E-state index < -0.39 is 0 Å². The molecule has 0 bridgehead atoms. The third kappa shape index (κ3) is 2.67. The Kier molecular flexibility index (Phi) is 4.11. The van der Waals surface area contributed by atoms with Crippen LogP contribution in [0.15, 0.2) is 30.3 Å². The lowest BCUT2D eigenvalue weighted by molar-refractivity contribution is 0.567. The van der Waals surface area contributed by atoms with Crippen molar-refractivity contribution in [1.82, 2.24) is 15.2 Å². The summed E-state index contributed by atoms with van der Waals surface area (Å²) in [6.45, 7) is 3.44. The van der Waals surface area contributed by atoms with Gasteiger partial charge in [0.1, 0.15) is 28.9 Å². The predicted molar refractivity (Wildman–Crippen MR) is 75.0 cm³/mol. The van der Waals surface area contributed by atoms with Crippen LogP contribution >= 0.6 is 0 Å². The number of hydrogen-bond donors (Lipinski definition) is 0. The maximum atomic E-state index is 9.40. The van der Waals surface area contributed by atoms with Crippen molar-refractivity contribution < 1.29 is 4.65 Å². The first-order chi connectivity index (χ1) is 9.67. The fourth-order valence-electron chi connectivity index (χ4n) is 1.76. The van der Waals surface area contributed by atoms with E-state index in [0.717, 1.165) is 0 Å². The molecular weight excluding hydrogens is 251 g/mol. The summed E-state index contributed by atoms with van der Waals surface area (Å²) in [5.74, 6) is 0.666. The zero-order valence-corrected chi connectivity index (χ0v) is 11.2. The van der Waals surface area contributed by atoms with Crippen LogP contribution in [0.4, 0.5) is 0 Å². The van der Waals surface area contributed by atoms with E-state index in [2.05, 4.69) is 21.3 Å². The van der Waals surface area contributed by atoms with Gasteiger partial charge >= 0.3 is 8.05 Å². The molecule has 0 atom stereocenters. The Morgan fingerprint density at radius 1 is 1.20 bits per heavy atom. The standard InChI is InChI=1S/C14H11BN4O/c1-9-13(17-10(2)19-18-9)14(20-15)12(8-16)11-6-4-3-5-7-11/h3-7H,1-2H3. The number of aromatic nitrogens is 3. The van der Waals surface area contributed by atoms with Crippen LogP contribution in [0.3, 0.4) is 0 Å². The van der Waals surface area contributed by atoms with Crippen molar-refractivity contribution in [2.75, 3.05) is 0 Å². The zero-order chi connectivity index (χ0) is 14.5. The first-order valence-corrected chi connectivity index (χ1v) is 5.92. The van der Waals surface area contributed by atoms with Crippen LogP contribution in [0.1, 0.15) is 22.8 Å². The van der Waals surface area contributed by atoms with Crippen molar-refractivity contribution in [3.63, 3.8) is 0 Å². The Labute approximate surface area is 118 Å². The van der Waals surface area contributed by atoms with Gasteiger partial charge in [-0.1, -0.05) is 30.3 Å². The minimum absolute atomic E-state index is 0.189. The molecule has 6 heteroatoms. The fraction of sp³-hybridized carbons (Fsp3) is 0.143. The van der Waals surface area contributed by atoms with Gasteiger partial charge in [0.2, 0.25) is 0 Å². The largest absolute Gasteiger partial charge is 0.565 e. The Balaban J connectivity index is 2.68. The molecule has 2 rings (SSSR count). The van der Waals surface area contributed by atoms with Gasteiger partial charge in [-0.3, -0.25) is 0 Å². The normalized spacial score (nSPS) is 11.4. The Morgan fingerprint density at radius 2 is 1.90 bits per heavy atom. The van der Waals surface area contributed by atoms with Crippen LogP contribution < -0.4 is 0 Å². The second-order valence-electron chi connectivity index (χ2n) is 4.09. The van der Waals surface area contributed by atoms with Crippen molar-refractivity contribution in [1.29, 1.82) is 5.26 Å². The molecule has 0 unspecified atom stereocenters. The molecule has 2 radical (unpaired) electrons. The van der Waals surface area contributed by atoms with E-state index in [1.807, 2.05) is 18.2 Å². The molecule has 1 aromatic carbocycles. The van der Waals surface area contributed by atoms with Gasteiger partial charge in [0, 0.05) is 0 Å². The van der Waals surface area contributed by atoms with E-state index >= 15 is 0 Å². The molecule has 5 nitrogen and oxygen atoms in total. The fourth-order valence-corrected chi connectivity index (χ4v) is 1.76. The summed E-state index contributed by atoms with van der Waals surface area (Å²) < 4.78 is 4.91. The summed E-state index contributed by atoms with van der Waals surface area (Å²) in [7, 11) is 5.34. The molecule has 0 saturated heterocycles. The number of allylic oxidation sites excluding steroid dienone is 1. The molecule has 1 heterocycles. The SMILES string of the molecule is [B]OC(=C(C#N)c1ccccc1)c1nc(C)nnc1C. The monoisotopic (exact) mass is 262 g/mol. The van der Waals surface area contributed by atoms with Crippen molar-refractivity contribution in [2.24, 2.45) is 0 Å². The second kappa shape index (κ2) is 5.98. The number of nitrogens with zero attached hydrogens (tertiary/aromatic N) is 4. The molecule has 20 heavy (non-hydrogen) atoms. The molecule has 0 N–H and O–H groups in total. The Morgan fingerprint density at radius 3 is 2.50 bits per heavy atom. The van der Waals surface area contributed by atoms with Crippen LogP contribution in [0.2, 0.25) is 0 Å². The van der Waals surface area contributed by atoms with Gasteiger partial charge in [0.25, 0.3) is 0 Å². The molecule has 0 aliphatic carbocycles. The first kappa shape index (κ1) is 13.7. The molecule has 0 fully saturated rings. The van der Waals surface area contributed by atoms with E-state index in [1.54, 1.807) is 26.0 Å². The average molecular weight is 262 g/mol. The molecule has 1 aromatic heterocycles. The summed E-state index contributed by atoms with van der Waals surface area (Å²) in [6, 6.07) is 11.2. The maximum Gasteiger partial charge on any atom is 0.374 e. The molecule has 0 saturated carbocycles. The van der Waals surface area contributed by atoms with Crippen LogP contribution in [0.25, 0.3) is 11.3 Å². The number of rotatable bonds is 3. The number of aryl methyl sites for hydroxylation is 2. The summed E-state index contributed by atoms with van der Waals surface area (Å²) in [4.78, 5) is 4.25. The highest BCUT2D eigenvalue weighted by Crippen LogP contribution is 2.26. The molecule has 0 spiro atoms. The number of hydrogen-bond acceptors (Lipinski definition) is 5. The summed E-state index contributed by atoms with van der Waals surface area (Å²) in [6.07, 6.45) is 0.